The molecule has 2 saturated carbocycles. The van der Waals surface area contributed by atoms with E-state index in [1.165, 1.54) is 13.2 Å². The molecular weight excluding hydrogens is 444 g/mol. The second kappa shape index (κ2) is 8.87. The Labute approximate surface area is 195 Å². The van der Waals surface area contributed by atoms with E-state index in [1.807, 2.05) is 6.07 Å². The van der Waals surface area contributed by atoms with Crippen molar-refractivity contribution in [1.29, 1.82) is 0 Å². The first-order valence-electron chi connectivity index (χ1n) is 11.4. The molecule has 1 aromatic carbocycles. The summed E-state index contributed by atoms with van der Waals surface area (Å²) in [6.45, 7) is -2.63. The van der Waals surface area contributed by atoms with Gasteiger partial charge in [0.05, 0.1) is 24.5 Å². The number of nitrogens with zero attached hydrogens (tertiary/aromatic N) is 2. The number of nitrogens with two attached hydrogens (primary N) is 1. The number of hydrogen-bond donors (Lipinski definition) is 1. The molecule has 34 heavy (non-hydrogen) atoms. The van der Waals surface area contributed by atoms with Crippen molar-refractivity contribution in [2.75, 3.05) is 13.7 Å². The molecule has 0 atom stereocenters. The Hall–Kier alpha value is -3.20. The van der Waals surface area contributed by atoms with E-state index in [-0.39, 0.29) is 34.8 Å². The van der Waals surface area contributed by atoms with Gasteiger partial charge in [-0.05, 0) is 56.2 Å². The zero-order chi connectivity index (χ0) is 23.9. The lowest BCUT2D eigenvalue weighted by atomic mass is 9.78. The number of ketones is 1. The first kappa shape index (κ1) is 22.6. The molecule has 0 radical (unpaired) electrons. The molecule has 0 unspecified atom stereocenters. The Morgan fingerprint density at radius 1 is 1.26 bits per heavy atom. The van der Waals surface area contributed by atoms with Crippen LogP contribution in [0.15, 0.2) is 36.7 Å². The van der Waals surface area contributed by atoms with Crippen LogP contribution in [0.2, 0.25) is 0 Å². The van der Waals surface area contributed by atoms with Gasteiger partial charge in [-0.15, -0.1) is 0 Å². The van der Waals surface area contributed by atoms with Crippen molar-refractivity contribution in [3.05, 3.63) is 42.2 Å². The highest BCUT2D eigenvalue weighted by Crippen LogP contribution is 2.40. The van der Waals surface area contributed by atoms with Crippen molar-refractivity contribution in [3.63, 3.8) is 0 Å². The van der Waals surface area contributed by atoms with Crippen molar-refractivity contribution in [3.8, 4) is 28.5 Å². The van der Waals surface area contributed by atoms with Gasteiger partial charge in [0.1, 0.15) is 35.1 Å². The normalized spacial score (nSPS) is 17.0. The number of carbonyl (C=O) groups excluding carboxylic acids is 1. The third-order valence-corrected chi connectivity index (χ3v) is 6.61. The van der Waals surface area contributed by atoms with E-state index in [0.717, 1.165) is 32.1 Å². The van der Waals surface area contributed by atoms with Gasteiger partial charge in [0.25, 0.3) is 0 Å². The van der Waals surface area contributed by atoms with Crippen LogP contribution in [0.4, 0.5) is 8.78 Å². The fourth-order valence-electron chi connectivity index (χ4n) is 4.32. The van der Waals surface area contributed by atoms with Crippen LogP contribution in [0.1, 0.15) is 48.9 Å². The highest BCUT2D eigenvalue weighted by atomic mass is 19.3. The number of alkyl halides is 2. The topological polar surface area (TPSA) is 88.1 Å². The molecule has 0 aliphatic heterocycles. The van der Waals surface area contributed by atoms with Gasteiger partial charge < -0.3 is 19.9 Å². The number of Topliss-reactive ketones (excluding diaryl/α,β-unsaturated/α-hetero) is 1. The number of rotatable bonds is 10. The van der Waals surface area contributed by atoms with Gasteiger partial charge in [-0.3, -0.25) is 9.20 Å². The fourth-order valence-corrected chi connectivity index (χ4v) is 4.32. The van der Waals surface area contributed by atoms with Gasteiger partial charge in [0, 0.05) is 24.2 Å². The summed E-state index contributed by atoms with van der Waals surface area (Å²) in [6, 6.07) is 6.70. The van der Waals surface area contributed by atoms with Gasteiger partial charge in [-0.25, -0.2) is 4.98 Å². The average Bonchev–Trinajstić information content (AvgIpc) is 3.50. The van der Waals surface area contributed by atoms with E-state index >= 15 is 0 Å². The molecule has 0 spiro atoms. The summed E-state index contributed by atoms with van der Waals surface area (Å²) in [5.41, 5.74) is 7.82. The molecule has 0 amide bonds. The molecule has 2 N–H and O–H groups in total. The van der Waals surface area contributed by atoms with Crippen LogP contribution in [0.5, 0.6) is 17.2 Å². The number of carbonyl (C=O) groups is 1. The number of halogens is 2. The lowest BCUT2D eigenvalue weighted by molar-refractivity contribution is -0.0502. The Balaban J connectivity index is 1.48. The third kappa shape index (κ3) is 4.57. The number of hydrogen-bond acceptors (Lipinski definition) is 6. The Bertz CT molecular complexity index is 1220. The Morgan fingerprint density at radius 3 is 2.68 bits per heavy atom. The van der Waals surface area contributed by atoms with E-state index in [2.05, 4.69) is 4.98 Å². The van der Waals surface area contributed by atoms with Crippen LogP contribution in [0.25, 0.3) is 16.9 Å². The number of ether oxygens (including phenoxy) is 3. The van der Waals surface area contributed by atoms with E-state index in [0.29, 0.717) is 35.2 Å². The van der Waals surface area contributed by atoms with E-state index in [4.69, 9.17) is 19.9 Å². The largest absolute Gasteiger partial charge is 0.496 e. The summed E-state index contributed by atoms with van der Waals surface area (Å²) in [6.07, 6.45) is 8.67. The summed E-state index contributed by atoms with van der Waals surface area (Å²) in [7, 11) is 1.41. The third-order valence-electron chi connectivity index (χ3n) is 6.61. The summed E-state index contributed by atoms with van der Waals surface area (Å²) in [5, 5.41) is 0. The molecule has 2 aliphatic carbocycles. The van der Waals surface area contributed by atoms with Crippen molar-refractivity contribution >= 4 is 11.4 Å². The predicted octanol–water partition coefficient (Wildman–Crippen LogP) is 4.85. The maximum Gasteiger partial charge on any atom is 0.387 e. The fraction of sp³-hybridized carbons (Fsp3) is 0.440. The molecule has 0 saturated heterocycles. The summed E-state index contributed by atoms with van der Waals surface area (Å²) < 4.78 is 44.3. The number of imidazole rings is 1. The molecule has 0 bridgehead atoms. The molecule has 9 heteroatoms. The molecule has 5 rings (SSSR count). The molecule has 3 aromatic rings. The number of fused-ring (bicyclic) bond motifs is 1. The smallest absolute Gasteiger partial charge is 0.387 e. The number of methoxy groups -OCH3 is 1. The molecule has 2 heterocycles. The zero-order valence-electron chi connectivity index (χ0n) is 18.9. The number of aromatic nitrogens is 2. The maximum absolute atomic E-state index is 13.2. The van der Waals surface area contributed by atoms with Crippen LogP contribution in [-0.4, -0.2) is 41.0 Å². The zero-order valence-corrected chi connectivity index (χ0v) is 18.9. The molecule has 180 valence electrons. The quantitative estimate of drug-likeness (QED) is 0.425. The molecular formula is C25H27F2N3O4. The molecule has 2 aromatic heterocycles. The predicted molar refractivity (Wildman–Crippen MR) is 122 cm³/mol. The maximum atomic E-state index is 13.2. The second-order valence-electron chi connectivity index (χ2n) is 9.24. The average molecular weight is 472 g/mol. The SMILES string of the molecule is COc1cc(-c2cnc3cc(OCC4(N)CCC4)ccn23)cc(OC(F)F)c1C(=O)CC1CC1. The van der Waals surface area contributed by atoms with Gasteiger partial charge in [-0.2, -0.15) is 8.78 Å². The number of benzene rings is 1. The minimum absolute atomic E-state index is 0.0506. The highest BCUT2D eigenvalue weighted by Gasteiger charge is 2.33. The van der Waals surface area contributed by atoms with E-state index < -0.39 is 6.61 Å². The van der Waals surface area contributed by atoms with Crippen LogP contribution < -0.4 is 19.9 Å². The second-order valence-corrected chi connectivity index (χ2v) is 9.24. The Kier molecular flexibility index (Phi) is 5.89. The monoisotopic (exact) mass is 471 g/mol. The van der Waals surface area contributed by atoms with Crippen LogP contribution in [0.3, 0.4) is 0 Å². The van der Waals surface area contributed by atoms with E-state index in [1.54, 1.807) is 28.9 Å². The standard InChI is InChI=1S/C25H27F2N3O4/c1-32-20-10-16(11-21(34-24(26)27)23(20)19(31)9-15-3-4-15)18-13-29-22-12-17(5-8-30(18)22)33-14-25(28)6-2-7-25/h5,8,10-13,15,24H,2-4,6-7,9,14,28H2,1H3. The minimum atomic E-state index is -3.07. The lowest BCUT2D eigenvalue weighted by Gasteiger charge is -2.37. The van der Waals surface area contributed by atoms with Crippen LogP contribution in [-0.2, 0) is 0 Å². The van der Waals surface area contributed by atoms with Crippen LogP contribution >= 0.6 is 0 Å². The van der Waals surface area contributed by atoms with Crippen molar-refractivity contribution in [2.24, 2.45) is 11.7 Å². The first-order valence-corrected chi connectivity index (χ1v) is 11.4. The van der Waals surface area contributed by atoms with Crippen LogP contribution in [0, 0.1) is 5.92 Å². The van der Waals surface area contributed by atoms with Gasteiger partial charge >= 0.3 is 6.61 Å². The first-order chi connectivity index (χ1) is 16.3. The highest BCUT2D eigenvalue weighted by molar-refractivity contribution is 6.02. The van der Waals surface area contributed by atoms with Gasteiger partial charge in [0.15, 0.2) is 5.78 Å². The summed E-state index contributed by atoms with van der Waals surface area (Å²) in [4.78, 5) is 17.3. The molecule has 2 fully saturated rings. The summed E-state index contributed by atoms with van der Waals surface area (Å²) >= 11 is 0. The van der Waals surface area contributed by atoms with Crippen molar-refractivity contribution in [2.45, 2.75) is 50.7 Å². The van der Waals surface area contributed by atoms with Crippen molar-refractivity contribution < 1.29 is 27.8 Å². The summed E-state index contributed by atoms with van der Waals surface area (Å²) in [5.74, 6) is 0.693. The molecule has 7 nitrogen and oxygen atoms in total. The van der Waals surface area contributed by atoms with Gasteiger partial charge in [0.2, 0.25) is 0 Å². The number of pyridine rings is 1. The Morgan fingerprint density at radius 2 is 2.03 bits per heavy atom. The van der Waals surface area contributed by atoms with Gasteiger partial charge in [-0.1, -0.05) is 0 Å². The minimum Gasteiger partial charge on any atom is -0.496 e. The molecule has 2 aliphatic rings. The van der Waals surface area contributed by atoms with E-state index in [9.17, 15) is 13.6 Å². The van der Waals surface area contributed by atoms with Crippen molar-refractivity contribution in [1.82, 2.24) is 9.38 Å². The lowest BCUT2D eigenvalue weighted by Crippen LogP contribution is -2.51.